The number of anilines is 1. The first-order chi connectivity index (χ1) is 7.04. The standard InChI is InChI=1S/C12H14N2O/c1-8(2)12(15)14-11-5-4-10(7-13)9(3)6-11/h4-6,8H,1-3H3,(H,14,15). The minimum absolute atomic E-state index is 0.0147. The van der Waals surface area contributed by atoms with E-state index in [0.29, 0.717) is 5.56 Å². The van der Waals surface area contributed by atoms with E-state index in [1.165, 1.54) is 0 Å². The molecule has 0 aliphatic rings. The average molecular weight is 202 g/mol. The van der Waals surface area contributed by atoms with Crippen LogP contribution in [0.1, 0.15) is 25.0 Å². The van der Waals surface area contributed by atoms with Crippen LogP contribution in [0.2, 0.25) is 0 Å². The van der Waals surface area contributed by atoms with Crippen LogP contribution >= 0.6 is 0 Å². The van der Waals surface area contributed by atoms with Crippen molar-refractivity contribution in [2.75, 3.05) is 5.32 Å². The fraction of sp³-hybridized carbons (Fsp3) is 0.333. The van der Waals surface area contributed by atoms with Crippen LogP contribution in [0.5, 0.6) is 0 Å². The summed E-state index contributed by atoms with van der Waals surface area (Å²) in [6, 6.07) is 7.35. The molecule has 1 rings (SSSR count). The predicted molar refractivity (Wildman–Crippen MR) is 59.4 cm³/mol. The summed E-state index contributed by atoms with van der Waals surface area (Å²) >= 11 is 0. The van der Waals surface area contributed by atoms with E-state index in [0.717, 1.165) is 11.3 Å². The summed E-state index contributed by atoms with van der Waals surface area (Å²) in [6.45, 7) is 5.53. The molecular formula is C12H14N2O. The van der Waals surface area contributed by atoms with Gasteiger partial charge in [0.15, 0.2) is 0 Å². The summed E-state index contributed by atoms with van der Waals surface area (Å²) in [5.74, 6) is -0.0555. The maximum atomic E-state index is 11.4. The second-order valence-electron chi connectivity index (χ2n) is 3.79. The second-order valence-corrected chi connectivity index (χ2v) is 3.79. The second kappa shape index (κ2) is 4.61. The number of nitrogens with zero attached hydrogens (tertiary/aromatic N) is 1. The lowest BCUT2D eigenvalue weighted by atomic mass is 10.1. The molecule has 0 unspecified atom stereocenters. The van der Waals surface area contributed by atoms with Gasteiger partial charge in [0, 0.05) is 11.6 Å². The van der Waals surface area contributed by atoms with E-state index in [2.05, 4.69) is 11.4 Å². The molecule has 0 atom stereocenters. The Kier molecular flexibility index (Phi) is 3.46. The van der Waals surface area contributed by atoms with Crippen LogP contribution in [0, 0.1) is 24.2 Å². The van der Waals surface area contributed by atoms with Gasteiger partial charge in [-0.1, -0.05) is 13.8 Å². The summed E-state index contributed by atoms with van der Waals surface area (Å²) in [5, 5.41) is 11.5. The molecule has 1 aromatic rings. The first-order valence-corrected chi connectivity index (χ1v) is 4.86. The highest BCUT2D eigenvalue weighted by atomic mass is 16.1. The summed E-state index contributed by atoms with van der Waals surface area (Å²) < 4.78 is 0. The largest absolute Gasteiger partial charge is 0.326 e. The monoisotopic (exact) mass is 202 g/mol. The molecule has 0 fully saturated rings. The Morgan fingerprint density at radius 1 is 1.47 bits per heavy atom. The van der Waals surface area contributed by atoms with Crippen molar-refractivity contribution in [1.29, 1.82) is 5.26 Å². The van der Waals surface area contributed by atoms with Crippen LogP contribution in [0.3, 0.4) is 0 Å². The predicted octanol–water partition coefficient (Wildman–Crippen LogP) is 2.46. The molecule has 0 aliphatic heterocycles. The third-order valence-corrected chi connectivity index (χ3v) is 2.14. The SMILES string of the molecule is Cc1cc(NC(=O)C(C)C)ccc1C#N. The Hall–Kier alpha value is -1.82. The molecule has 15 heavy (non-hydrogen) atoms. The number of hydrogen-bond donors (Lipinski definition) is 1. The van der Waals surface area contributed by atoms with Crippen molar-refractivity contribution in [3.63, 3.8) is 0 Å². The molecule has 0 bridgehead atoms. The molecule has 3 nitrogen and oxygen atoms in total. The number of carbonyl (C=O) groups excluding carboxylic acids is 1. The molecule has 0 saturated carbocycles. The van der Waals surface area contributed by atoms with Crippen LogP contribution in [-0.2, 0) is 4.79 Å². The van der Waals surface area contributed by atoms with Gasteiger partial charge in [0.1, 0.15) is 0 Å². The molecule has 1 N–H and O–H groups in total. The van der Waals surface area contributed by atoms with E-state index >= 15 is 0 Å². The van der Waals surface area contributed by atoms with Crippen molar-refractivity contribution in [3.05, 3.63) is 29.3 Å². The summed E-state index contributed by atoms with van der Waals surface area (Å²) in [6.07, 6.45) is 0. The zero-order valence-electron chi connectivity index (χ0n) is 9.16. The van der Waals surface area contributed by atoms with Crippen molar-refractivity contribution < 1.29 is 4.79 Å². The molecule has 0 aromatic heterocycles. The number of hydrogen-bond acceptors (Lipinski definition) is 2. The summed E-state index contributed by atoms with van der Waals surface area (Å²) in [7, 11) is 0. The van der Waals surface area contributed by atoms with Gasteiger partial charge in [-0.05, 0) is 30.7 Å². The Balaban J connectivity index is 2.86. The number of nitrogens with one attached hydrogen (secondary N) is 1. The molecule has 1 aromatic carbocycles. The Bertz CT molecular complexity index is 416. The van der Waals surface area contributed by atoms with Gasteiger partial charge >= 0.3 is 0 Å². The normalized spacial score (nSPS) is 9.80. The van der Waals surface area contributed by atoms with Crippen molar-refractivity contribution in [3.8, 4) is 6.07 Å². The number of nitriles is 1. The molecule has 0 aliphatic carbocycles. The lowest BCUT2D eigenvalue weighted by molar-refractivity contribution is -0.118. The van der Waals surface area contributed by atoms with Crippen molar-refractivity contribution in [1.82, 2.24) is 0 Å². The average Bonchev–Trinajstić information content (AvgIpc) is 2.18. The summed E-state index contributed by atoms with van der Waals surface area (Å²) in [5.41, 5.74) is 2.25. The van der Waals surface area contributed by atoms with Gasteiger partial charge in [-0.15, -0.1) is 0 Å². The first-order valence-electron chi connectivity index (χ1n) is 4.86. The smallest absolute Gasteiger partial charge is 0.226 e. The third-order valence-electron chi connectivity index (χ3n) is 2.14. The van der Waals surface area contributed by atoms with Crippen molar-refractivity contribution in [2.24, 2.45) is 5.92 Å². The van der Waals surface area contributed by atoms with Gasteiger partial charge < -0.3 is 5.32 Å². The summed E-state index contributed by atoms with van der Waals surface area (Å²) in [4.78, 5) is 11.4. The molecule has 0 spiro atoms. The number of carbonyl (C=O) groups is 1. The quantitative estimate of drug-likeness (QED) is 0.800. The van der Waals surface area contributed by atoms with E-state index in [1.54, 1.807) is 18.2 Å². The highest BCUT2D eigenvalue weighted by molar-refractivity contribution is 5.92. The lowest BCUT2D eigenvalue weighted by Crippen LogP contribution is -2.17. The minimum Gasteiger partial charge on any atom is -0.326 e. The van der Waals surface area contributed by atoms with Crippen LogP contribution in [-0.4, -0.2) is 5.91 Å². The van der Waals surface area contributed by atoms with Gasteiger partial charge in [0.25, 0.3) is 0 Å². The van der Waals surface area contributed by atoms with E-state index < -0.39 is 0 Å². The van der Waals surface area contributed by atoms with E-state index in [-0.39, 0.29) is 11.8 Å². The maximum absolute atomic E-state index is 11.4. The van der Waals surface area contributed by atoms with Crippen molar-refractivity contribution >= 4 is 11.6 Å². The molecule has 1 amide bonds. The highest BCUT2D eigenvalue weighted by Gasteiger charge is 2.07. The van der Waals surface area contributed by atoms with Gasteiger partial charge in [-0.3, -0.25) is 4.79 Å². The van der Waals surface area contributed by atoms with E-state index in [1.807, 2.05) is 20.8 Å². The molecule has 0 saturated heterocycles. The van der Waals surface area contributed by atoms with Crippen LogP contribution < -0.4 is 5.32 Å². The topological polar surface area (TPSA) is 52.9 Å². The third kappa shape index (κ3) is 2.81. The molecule has 78 valence electrons. The van der Waals surface area contributed by atoms with E-state index in [4.69, 9.17) is 5.26 Å². The lowest BCUT2D eigenvalue weighted by Gasteiger charge is -2.08. The van der Waals surface area contributed by atoms with E-state index in [9.17, 15) is 4.79 Å². The van der Waals surface area contributed by atoms with Gasteiger partial charge in [-0.25, -0.2) is 0 Å². The number of rotatable bonds is 2. The number of amides is 1. The first kappa shape index (κ1) is 11.3. The van der Waals surface area contributed by atoms with Crippen molar-refractivity contribution in [2.45, 2.75) is 20.8 Å². The number of benzene rings is 1. The Morgan fingerprint density at radius 3 is 2.60 bits per heavy atom. The van der Waals surface area contributed by atoms with Gasteiger partial charge in [0.2, 0.25) is 5.91 Å². The van der Waals surface area contributed by atoms with Crippen LogP contribution in [0.4, 0.5) is 5.69 Å². The highest BCUT2D eigenvalue weighted by Crippen LogP contribution is 2.15. The molecular weight excluding hydrogens is 188 g/mol. The fourth-order valence-electron chi connectivity index (χ4n) is 1.15. The zero-order chi connectivity index (χ0) is 11.4. The zero-order valence-corrected chi connectivity index (χ0v) is 9.16. The maximum Gasteiger partial charge on any atom is 0.226 e. The fourth-order valence-corrected chi connectivity index (χ4v) is 1.15. The molecule has 0 heterocycles. The number of aryl methyl sites for hydroxylation is 1. The van der Waals surface area contributed by atoms with Crippen LogP contribution in [0.25, 0.3) is 0 Å². The van der Waals surface area contributed by atoms with Gasteiger partial charge in [-0.2, -0.15) is 5.26 Å². The Morgan fingerprint density at radius 2 is 2.13 bits per heavy atom. The Labute approximate surface area is 89.7 Å². The van der Waals surface area contributed by atoms with Gasteiger partial charge in [0.05, 0.1) is 11.6 Å². The molecule has 3 heteroatoms. The van der Waals surface area contributed by atoms with Crippen LogP contribution in [0.15, 0.2) is 18.2 Å². The minimum atomic E-state index is -0.0408. The molecule has 0 radical (unpaired) electrons.